The Morgan fingerprint density at radius 1 is 0.735 bits per heavy atom. The third-order valence-electron chi connectivity index (χ3n) is 6.77. The lowest BCUT2D eigenvalue weighted by Crippen LogP contribution is -2.33. The van der Waals surface area contributed by atoms with E-state index in [-0.39, 0.29) is 0 Å². The summed E-state index contributed by atoms with van der Waals surface area (Å²) in [4.78, 5) is 0. The van der Waals surface area contributed by atoms with Crippen molar-refractivity contribution in [3.8, 4) is 0 Å². The number of hydrogen-bond acceptors (Lipinski definition) is 0. The molecule has 2 fully saturated rings. The lowest BCUT2D eigenvalue weighted by molar-refractivity contribution is 0.129. The van der Waals surface area contributed by atoms with Gasteiger partial charge >= 0.3 is 0 Å². The molecule has 3 aliphatic carbocycles. The first-order valence-electron chi connectivity index (χ1n) is 15.4. The molecular formula is C34H72. The Hall–Kier alpha value is -0.520. The first-order chi connectivity index (χ1) is 16.2. The van der Waals surface area contributed by atoms with Crippen molar-refractivity contribution in [3.05, 3.63) is 25.3 Å². The minimum absolute atomic E-state index is 0.884. The monoisotopic (exact) mass is 481 g/mol. The second kappa shape index (κ2) is 30.5. The summed E-state index contributed by atoms with van der Waals surface area (Å²) in [6.45, 7) is 34.7. The maximum atomic E-state index is 3.00. The van der Waals surface area contributed by atoms with Crippen LogP contribution in [0.25, 0.3) is 0 Å². The summed E-state index contributed by atoms with van der Waals surface area (Å²) in [5.41, 5.74) is 0. The van der Waals surface area contributed by atoms with Gasteiger partial charge in [0.15, 0.2) is 0 Å². The molecule has 0 aromatic rings. The summed E-state index contributed by atoms with van der Waals surface area (Å²) in [6, 6.07) is 0. The molecule has 0 aliphatic heterocycles. The van der Waals surface area contributed by atoms with E-state index in [2.05, 4.69) is 101 Å². The van der Waals surface area contributed by atoms with Crippen LogP contribution in [0.4, 0.5) is 0 Å². The summed E-state index contributed by atoms with van der Waals surface area (Å²) in [6.07, 6.45) is 18.7. The van der Waals surface area contributed by atoms with E-state index in [1.807, 2.05) is 13.8 Å². The average molecular weight is 481 g/mol. The first-order valence-corrected chi connectivity index (χ1v) is 15.4. The van der Waals surface area contributed by atoms with Crippen molar-refractivity contribution in [2.45, 2.75) is 154 Å². The molecule has 0 aromatic heterocycles. The van der Waals surface area contributed by atoms with Gasteiger partial charge in [0.05, 0.1) is 0 Å². The van der Waals surface area contributed by atoms with Crippen molar-refractivity contribution < 1.29 is 0 Å². The molecule has 3 aliphatic rings. The minimum Gasteiger partial charge on any atom is -0.106 e. The molecule has 0 heterocycles. The van der Waals surface area contributed by atoms with E-state index in [1.165, 1.54) is 64.2 Å². The Balaban J connectivity index is -0.000000168. The lowest BCUT2D eigenvalue weighted by atomic mass is 9.62. The van der Waals surface area contributed by atoms with Crippen LogP contribution in [0.1, 0.15) is 154 Å². The van der Waals surface area contributed by atoms with Crippen LogP contribution in [0.5, 0.6) is 0 Å². The van der Waals surface area contributed by atoms with Crippen molar-refractivity contribution in [1.29, 1.82) is 0 Å². The molecule has 3 rings (SSSR count). The summed E-state index contributed by atoms with van der Waals surface area (Å²) in [5.74, 6) is 6.94. The van der Waals surface area contributed by atoms with Gasteiger partial charge in [-0.2, -0.15) is 0 Å². The third kappa shape index (κ3) is 24.6. The first kappa shape index (κ1) is 40.6. The van der Waals surface area contributed by atoms with Crippen LogP contribution in [0.2, 0.25) is 0 Å². The second-order valence-electron chi connectivity index (χ2n) is 10.9. The Kier molecular flexibility index (Phi) is 36.5. The van der Waals surface area contributed by atoms with Crippen molar-refractivity contribution in [3.63, 3.8) is 0 Å². The van der Waals surface area contributed by atoms with E-state index in [9.17, 15) is 0 Å². The van der Waals surface area contributed by atoms with Crippen molar-refractivity contribution in [2.75, 3.05) is 0 Å². The molecule has 208 valence electrons. The highest BCUT2D eigenvalue weighted by atomic mass is 14.4. The van der Waals surface area contributed by atoms with Crippen LogP contribution >= 0.6 is 0 Å². The molecule has 2 saturated carbocycles. The smallest absolute Gasteiger partial charge is 0.0145 e. The number of hydrogen-bond donors (Lipinski definition) is 0. The predicted octanol–water partition coefficient (Wildman–Crippen LogP) is 12.8. The van der Waals surface area contributed by atoms with Crippen LogP contribution in [0.15, 0.2) is 25.3 Å². The molecular weight excluding hydrogens is 408 g/mol. The molecule has 0 spiro atoms. The SMILES string of the molecule is C=C.CC.CC1CC(C2C=CC2C)C1.CCC.CCC(C)C.CCC1CC(C)C1.CCCCC. The van der Waals surface area contributed by atoms with Gasteiger partial charge in [0.1, 0.15) is 0 Å². The number of unbranched alkanes of at least 4 members (excludes halogenated alkanes) is 2. The lowest BCUT2D eigenvalue weighted by Gasteiger charge is -2.43. The fourth-order valence-corrected chi connectivity index (χ4v) is 4.08. The largest absolute Gasteiger partial charge is 0.106 e. The van der Waals surface area contributed by atoms with E-state index in [1.54, 1.807) is 0 Å². The summed E-state index contributed by atoms with van der Waals surface area (Å²) in [5, 5.41) is 0. The van der Waals surface area contributed by atoms with E-state index >= 15 is 0 Å². The van der Waals surface area contributed by atoms with Crippen molar-refractivity contribution in [1.82, 2.24) is 0 Å². The molecule has 0 radical (unpaired) electrons. The minimum atomic E-state index is 0.884. The fraction of sp³-hybridized carbons (Fsp3) is 0.882. The zero-order valence-corrected chi connectivity index (χ0v) is 26.7. The van der Waals surface area contributed by atoms with Gasteiger partial charge in [-0.1, -0.05) is 141 Å². The second-order valence-corrected chi connectivity index (χ2v) is 10.9. The molecule has 2 atom stereocenters. The molecule has 34 heavy (non-hydrogen) atoms. The van der Waals surface area contributed by atoms with Crippen LogP contribution in [-0.2, 0) is 0 Å². The maximum Gasteiger partial charge on any atom is -0.0145 e. The third-order valence-corrected chi connectivity index (χ3v) is 6.77. The van der Waals surface area contributed by atoms with Gasteiger partial charge in [-0.25, -0.2) is 0 Å². The molecule has 0 aromatic carbocycles. The highest BCUT2D eigenvalue weighted by Crippen LogP contribution is 2.45. The fourth-order valence-electron chi connectivity index (χ4n) is 4.08. The van der Waals surface area contributed by atoms with Gasteiger partial charge in [0.25, 0.3) is 0 Å². The predicted molar refractivity (Wildman–Crippen MR) is 165 cm³/mol. The van der Waals surface area contributed by atoms with Gasteiger partial charge in [-0.05, 0) is 67.1 Å². The topological polar surface area (TPSA) is 0 Å². The highest BCUT2D eigenvalue weighted by Gasteiger charge is 2.35. The molecule has 0 nitrogen and oxygen atoms in total. The summed E-state index contributed by atoms with van der Waals surface area (Å²) < 4.78 is 0. The van der Waals surface area contributed by atoms with Gasteiger partial charge in [-0.15, -0.1) is 13.2 Å². The van der Waals surface area contributed by atoms with E-state index < -0.39 is 0 Å². The zero-order chi connectivity index (χ0) is 27.5. The van der Waals surface area contributed by atoms with Gasteiger partial charge in [0, 0.05) is 0 Å². The Bertz CT molecular complexity index is 365. The normalized spacial score (nSPS) is 27.0. The van der Waals surface area contributed by atoms with Gasteiger partial charge in [0.2, 0.25) is 0 Å². The summed E-state index contributed by atoms with van der Waals surface area (Å²) in [7, 11) is 0. The maximum absolute atomic E-state index is 3.00. The highest BCUT2D eigenvalue weighted by molar-refractivity contribution is 5.11. The van der Waals surface area contributed by atoms with Crippen LogP contribution < -0.4 is 0 Å². The van der Waals surface area contributed by atoms with Crippen molar-refractivity contribution >= 4 is 0 Å². The van der Waals surface area contributed by atoms with Crippen LogP contribution in [-0.4, -0.2) is 0 Å². The Morgan fingerprint density at radius 3 is 1.24 bits per heavy atom. The van der Waals surface area contributed by atoms with Gasteiger partial charge in [-0.3, -0.25) is 0 Å². The molecule has 0 bridgehead atoms. The van der Waals surface area contributed by atoms with Crippen molar-refractivity contribution in [2.24, 2.45) is 41.4 Å². The van der Waals surface area contributed by atoms with Crippen LogP contribution in [0, 0.1) is 41.4 Å². The van der Waals surface area contributed by atoms with Crippen LogP contribution in [0.3, 0.4) is 0 Å². The molecule has 0 heteroatoms. The van der Waals surface area contributed by atoms with E-state index in [0.29, 0.717) is 0 Å². The van der Waals surface area contributed by atoms with E-state index in [0.717, 1.165) is 41.4 Å². The Labute approximate surface area is 220 Å². The quantitative estimate of drug-likeness (QED) is 0.343. The molecule has 0 amide bonds. The molecule has 0 N–H and O–H groups in total. The summed E-state index contributed by atoms with van der Waals surface area (Å²) >= 11 is 0. The number of rotatable bonds is 5. The zero-order valence-electron chi connectivity index (χ0n) is 26.7. The molecule has 2 unspecified atom stereocenters. The molecule has 0 saturated heterocycles. The van der Waals surface area contributed by atoms with Gasteiger partial charge < -0.3 is 0 Å². The average Bonchev–Trinajstić information content (AvgIpc) is 2.80. The number of allylic oxidation sites excluding steroid dienone is 2. The standard InChI is InChI=1S/C10H16.C7H14.2C5H12.C3H8.C2H6.C2H4/c1-7-5-9(6-7)10-4-3-8(10)2;1-3-7-4-6(2)5-7;1-4-5(2)3;1-3-5-4-2;1-3-2;2*1-2/h3-4,7-10H,5-6H2,1-2H3;6-7H,3-5H2,1-2H3;5H,4H2,1-3H3;3-5H2,1-2H3;3H2,1-2H3;1-2H3;1-2H2. The Morgan fingerprint density at radius 2 is 1.12 bits per heavy atom. The van der Waals surface area contributed by atoms with E-state index in [4.69, 9.17) is 0 Å².